The van der Waals surface area contributed by atoms with Crippen molar-refractivity contribution in [3.63, 3.8) is 0 Å². The average molecular weight is 239 g/mol. The van der Waals surface area contributed by atoms with Crippen LogP contribution in [0.3, 0.4) is 0 Å². The first kappa shape index (κ1) is 13.3. The fourth-order valence-electron chi connectivity index (χ4n) is 1.21. The largest absolute Gasteiger partial charge is 0.507 e. The van der Waals surface area contributed by atoms with E-state index in [9.17, 15) is 9.90 Å². The molecule has 0 atom stereocenters. The van der Waals surface area contributed by atoms with Crippen LogP contribution in [0.2, 0.25) is 0 Å². The molecule has 0 bridgehead atoms. The molecule has 0 fully saturated rings. The van der Waals surface area contributed by atoms with Crippen LogP contribution in [0.4, 0.5) is 5.69 Å². The highest BCUT2D eigenvalue weighted by molar-refractivity contribution is 5.93. The number of aromatic hydroxyl groups is 1. The lowest BCUT2D eigenvalue weighted by atomic mass is 10.2. The van der Waals surface area contributed by atoms with Crippen LogP contribution >= 0.6 is 0 Å². The number of hydrogen-bond donors (Lipinski definition) is 2. The number of carbonyl (C=O) groups excluding carboxylic acids is 1. The molecule has 3 N–H and O–H groups in total. The van der Waals surface area contributed by atoms with Crippen LogP contribution in [-0.2, 0) is 9.47 Å². The molecule has 0 aliphatic rings. The molecule has 0 saturated carbocycles. The quantitative estimate of drug-likeness (QED) is 0.352. The summed E-state index contributed by atoms with van der Waals surface area (Å²) in [6.45, 7) is 4.26. The summed E-state index contributed by atoms with van der Waals surface area (Å²) < 4.78 is 10.2. The lowest BCUT2D eigenvalue weighted by Gasteiger charge is -2.09. The summed E-state index contributed by atoms with van der Waals surface area (Å²) in [6, 6.07) is 4.24. The fraction of sp³-hybridized carbons (Fsp3) is 0.417. The van der Waals surface area contributed by atoms with Gasteiger partial charge in [0, 0.05) is 5.69 Å². The molecule has 5 heteroatoms. The monoisotopic (exact) mass is 239 g/mol. The maximum Gasteiger partial charge on any atom is 0.342 e. The molecule has 1 aromatic carbocycles. The minimum Gasteiger partial charge on any atom is -0.507 e. The molecule has 0 saturated heterocycles. The number of hydrogen-bond acceptors (Lipinski definition) is 5. The number of ether oxygens (including phenoxy) is 2. The molecule has 0 spiro atoms. The van der Waals surface area contributed by atoms with Crippen molar-refractivity contribution in [1.29, 1.82) is 0 Å². The maximum absolute atomic E-state index is 11.6. The van der Waals surface area contributed by atoms with Crippen LogP contribution < -0.4 is 5.73 Å². The molecule has 94 valence electrons. The molecule has 0 aliphatic heterocycles. The van der Waals surface area contributed by atoms with Crippen LogP contribution in [0.15, 0.2) is 18.2 Å². The van der Waals surface area contributed by atoms with Gasteiger partial charge >= 0.3 is 5.97 Å². The number of rotatable bonds is 5. The van der Waals surface area contributed by atoms with Gasteiger partial charge in [0.25, 0.3) is 0 Å². The van der Waals surface area contributed by atoms with E-state index in [-0.39, 0.29) is 24.0 Å². The first-order valence-electron chi connectivity index (χ1n) is 5.38. The van der Waals surface area contributed by atoms with E-state index in [0.29, 0.717) is 12.3 Å². The molecule has 17 heavy (non-hydrogen) atoms. The van der Waals surface area contributed by atoms with E-state index < -0.39 is 5.97 Å². The third kappa shape index (κ3) is 4.32. The van der Waals surface area contributed by atoms with Crippen molar-refractivity contribution in [2.24, 2.45) is 0 Å². The van der Waals surface area contributed by atoms with E-state index in [1.165, 1.54) is 18.2 Å². The van der Waals surface area contributed by atoms with Crippen molar-refractivity contribution < 1.29 is 19.4 Å². The molecule has 0 radical (unpaired) electrons. The normalized spacial score (nSPS) is 10.5. The van der Waals surface area contributed by atoms with Crippen molar-refractivity contribution in [3.8, 4) is 5.75 Å². The Morgan fingerprint density at radius 1 is 1.41 bits per heavy atom. The van der Waals surface area contributed by atoms with Crippen LogP contribution in [0.25, 0.3) is 0 Å². The van der Waals surface area contributed by atoms with E-state index >= 15 is 0 Å². The Hall–Kier alpha value is -1.75. The number of carbonyl (C=O) groups is 1. The van der Waals surface area contributed by atoms with Crippen molar-refractivity contribution in [3.05, 3.63) is 23.8 Å². The Morgan fingerprint density at radius 3 is 2.76 bits per heavy atom. The second-order valence-corrected chi connectivity index (χ2v) is 3.83. The predicted molar refractivity (Wildman–Crippen MR) is 63.9 cm³/mol. The summed E-state index contributed by atoms with van der Waals surface area (Å²) in [6.07, 6.45) is 0.0921. The Balaban J connectivity index is 2.49. The van der Waals surface area contributed by atoms with Crippen LogP contribution in [0.5, 0.6) is 5.75 Å². The third-order valence-corrected chi connectivity index (χ3v) is 2.01. The SMILES string of the molecule is CC(C)OCCOC(=O)c1cc(N)ccc1O. The zero-order valence-corrected chi connectivity index (χ0v) is 9.97. The summed E-state index contributed by atoms with van der Waals surface area (Å²) in [5, 5.41) is 9.46. The van der Waals surface area contributed by atoms with Gasteiger partial charge < -0.3 is 20.3 Å². The van der Waals surface area contributed by atoms with Gasteiger partial charge in [-0.1, -0.05) is 0 Å². The van der Waals surface area contributed by atoms with Gasteiger partial charge in [-0.3, -0.25) is 0 Å². The number of esters is 1. The minimum atomic E-state index is -0.609. The molecule has 1 aromatic rings. The highest BCUT2D eigenvalue weighted by atomic mass is 16.6. The smallest absolute Gasteiger partial charge is 0.342 e. The molecular weight excluding hydrogens is 222 g/mol. The second kappa shape index (κ2) is 6.10. The van der Waals surface area contributed by atoms with Gasteiger partial charge in [0.05, 0.1) is 12.7 Å². The van der Waals surface area contributed by atoms with Gasteiger partial charge in [-0.25, -0.2) is 4.79 Å². The van der Waals surface area contributed by atoms with Crippen molar-refractivity contribution in [1.82, 2.24) is 0 Å². The van der Waals surface area contributed by atoms with Gasteiger partial charge in [0.1, 0.15) is 17.9 Å². The second-order valence-electron chi connectivity index (χ2n) is 3.83. The Labute approximate surface area is 100 Å². The summed E-state index contributed by atoms with van der Waals surface area (Å²) in [7, 11) is 0. The lowest BCUT2D eigenvalue weighted by molar-refractivity contribution is 0.0175. The minimum absolute atomic E-state index is 0.0644. The van der Waals surface area contributed by atoms with E-state index in [2.05, 4.69) is 0 Å². The van der Waals surface area contributed by atoms with Gasteiger partial charge in [0.15, 0.2) is 0 Å². The molecule has 0 unspecified atom stereocenters. The van der Waals surface area contributed by atoms with Gasteiger partial charge in [-0.2, -0.15) is 0 Å². The molecule has 0 amide bonds. The number of anilines is 1. The highest BCUT2D eigenvalue weighted by Gasteiger charge is 2.12. The number of phenols is 1. The number of nitrogens with two attached hydrogens (primary N) is 1. The van der Waals surface area contributed by atoms with Crippen molar-refractivity contribution in [2.75, 3.05) is 18.9 Å². The number of phenolic OH excluding ortho intramolecular Hbond substituents is 1. The molecule has 5 nitrogen and oxygen atoms in total. The van der Waals surface area contributed by atoms with E-state index in [1.54, 1.807) is 0 Å². The Morgan fingerprint density at radius 2 is 2.12 bits per heavy atom. The van der Waals surface area contributed by atoms with Crippen LogP contribution in [-0.4, -0.2) is 30.4 Å². The van der Waals surface area contributed by atoms with Crippen molar-refractivity contribution >= 4 is 11.7 Å². The zero-order chi connectivity index (χ0) is 12.8. The summed E-state index contributed by atoms with van der Waals surface area (Å²) >= 11 is 0. The van der Waals surface area contributed by atoms with Gasteiger partial charge in [-0.05, 0) is 32.0 Å². The standard InChI is InChI=1S/C12H17NO4/c1-8(2)16-5-6-17-12(15)10-7-9(13)3-4-11(10)14/h3-4,7-8,14H,5-6,13H2,1-2H3. The van der Waals surface area contributed by atoms with Crippen LogP contribution in [0.1, 0.15) is 24.2 Å². The summed E-state index contributed by atoms with van der Waals surface area (Å²) in [5.41, 5.74) is 5.98. The van der Waals surface area contributed by atoms with Crippen molar-refractivity contribution in [2.45, 2.75) is 20.0 Å². The van der Waals surface area contributed by atoms with E-state index in [1.807, 2.05) is 13.8 Å². The summed E-state index contributed by atoms with van der Waals surface area (Å²) in [4.78, 5) is 11.6. The zero-order valence-electron chi connectivity index (χ0n) is 9.97. The molecule has 0 aromatic heterocycles. The molecule has 0 aliphatic carbocycles. The highest BCUT2D eigenvalue weighted by Crippen LogP contribution is 2.20. The Bertz CT molecular complexity index is 390. The first-order chi connectivity index (χ1) is 8.00. The van der Waals surface area contributed by atoms with E-state index in [4.69, 9.17) is 15.2 Å². The summed E-state index contributed by atoms with van der Waals surface area (Å²) in [5.74, 6) is -0.754. The molecule has 1 rings (SSSR count). The predicted octanol–water partition coefficient (Wildman–Crippen LogP) is 1.56. The third-order valence-electron chi connectivity index (χ3n) is 2.01. The van der Waals surface area contributed by atoms with Crippen LogP contribution in [0, 0.1) is 0 Å². The van der Waals surface area contributed by atoms with Gasteiger partial charge in [-0.15, -0.1) is 0 Å². The molecule has 0 heterocycles. The molecular formula is C12H17NO4. The topological polar surface area (TPSA) is 81.8 Å². The van der Waals surface area contributed by atoms with E-state index in [0.717, 1.165) is 0 Å². The lowest BCUT2D eigenvalue weighted by Crippen LogP contribution is -2.13. The van der Waals surface area contributed by atoms with Gasteiger partial charge in [0.2, 0.25) is 0 Å². The fourth-order valence-corrected chi connectivity index (χ4v) is 1.21. The average Bonchev–Trinajstić information content (AvgIpc) is 2.27. The first-order valence-corrected chi connectivity index (χ1v) is 5.38. The Kier molecular flexibility index (Phi) is 4.78. The number of benzene rings is 1. The number of nitrogen functional groups attached to an aromatic ring is 1. The maximum atomic E-state index is 11.6.